The van der Waals surface area contributed by atoms with E-state index in [1.54, 1.807) is 0 Å². The minimum absolute atomic E-state index is 0.0826. The molecule has 2 aliphatic rings. The molecular weight excluding hydrogens is 224 g/mol. The number of nitrogens with two attached hydrogens (primary N) is 1. The summed E-state index contributed by atoms with van der Waals surface area (Å²) in [6.07, 6.45) is 4.84. The molecular formula is C15H28N2O. The molecule has 0 aromatic heterocycles. The van der Waals surface area contributed by atoms with Crippen LogP contribution < -0.4 is 5.73 Å². The molecule has 0 saturated heterocycles. The summed E-state index contributed by atoms with van der Waals surface area (Å²) in [5.41, 5.74) is 8.13. The van der Waals surface area contributed by atoms with Crippen LogP contribution in [0.25, 0.3) is 0 Å². The zero-order valence-electron chi connectivity index (χ0n) is 12.3. The van der Waals surface area contributed by atoms with E-state index in [-0.39, 0.29) is 11.0 Å². The molecule has 0 aromatic rings. The summed E-state index contributed by atoms with van der Waals surface area (Å²) in [6.45, 7) is 12.8. The Morgan fingerprint density at radius 3 is 2.72 bits per heavy atom. The van der Waals surface area contributed by atoms with Crippen molar-refractivity contribution in [3.63, 3.8) is 0 Å². The van der Waals surface area contributed by atoms with Gasteiger partial charge in [0.1, 0.15) is 0 Å². The first kappa shape index (κ1) is 14.0. The van der Waals surface area contributed by atoms with Crippen LogP contribution in [0.1, 0.15) is 40.5 Å². The second-order valence-electron chi connectivity index (χ2n) is 6.56. The van der Waals surface area contributed by atoms with Crippen LogP contribution in [-0.4, -0.2) is 42.8 Å². The second-order valence-corrected chi connectivity index (χ2v) is 6.56. The van der Waals surface area contributed by atoms with E-state index in [9.17, 15) is 0 Å². The molecule has 1 aliphatic carbocycles. The van der Waals surface area contributed by atoms with Gasteiger partial charge in [-0.1, -0.05) is 25.5 Å². The maximum absolute atomic E-state index is 6.62. The fourth-order valence-electron chi connectivity index (χ4n) is 3.13. The van der Waals surface area contributed by atoms with Crippen LogP contribution in [-0.2, 0) is 4.74 Å². The van der Waals surface area contributed by atoms with Gasteiger partial charge in [-0.3, -0.25) is 4.90 Å². The normalized spacial score (nSPS) is 36.1. The van der Waals surface area contributed by atoms with Crippen molar-refractivity contribution in [2.75, 3.05) is 26.2 Å². The van der Waals surface area contributed by atoms with Gasteiger partial charge in [-0.25, -0.2) is 0 Å². The standard InChI is InChI=1S/C15H28N2O/c1-5-18-13-10-15(16,14(13,3)4)11-17-8-6-12(2)7-9-17/h6,13H,5,7-11,16H2,1-4H3. The van der Waals surface area contributed by atoms with Gasteiger partial charge < -0.3 is 10.5 Å². The van der Waals surface area contributed by atoms with Crippen LogP contribution in [0.3, 0.4) is 0 Å². The molecule has 1 heterocycles. The first-order valence-electron chi connectivity index (χ1n) is 7.17. The third-order valence-electron chi connectivity index (χ3n) is 5.03. The Labute approximate surface area is 111 Å². The number of ether oxygens (including phenoxy) is 1. The summed E-state index contributed by atoms with van der Waals surface area (Å²) >= 11 is 0. The Morgan fingerprint density at radius 1 is 1.50 bits per heavy atom. The van der Waals surface area contributed by atoms with Gasteiger partial charge in [0.2, 0.25) is 0 Å². The first-order chi connectivity index (χ1) is 8.39. The van der Waals surface area contributed by atoms with Gasteiger partial charge in [-0.05, 0) is 26.7 Å². The smallest absolute Gasteiger partial charge is 0.0662 e. The van der Waals surface area contributed by atoms with Crippen LogP contribution in [0, 0.1) is 5.41 Å². The quantitative estimate of drug-likeness (QED) is 0.779. The van der Waals surface area contributed by atoms with Crippen molar-refractivity contribution in [1.29, 1.82) is 0 Å². The predicted octanol–water partition coefficient (Wildman–Crippen LogP) is 2.17. The van der Waals surface area contributed by atoms with E-state index in [1.165, 1.54) is 12.0 Å². The molecule has 0 spiro atoms. The van der Waals surface area contributed by atoms with E-state index in [2.05, 4.69) is 38.7 Å². The Balaban J connectivity index is 1.94. The number of rotatable bonds is 4. The van der Waals surface area contributed by atoms with E-state index >= 15 is 0 Å². The second kappa shape index (κ2) is 4.95. The molecule has 1 aliphatic heterocycles. The lowest BCUT2D eigenvalue weighted by Gasteiger charge is -2.60. The zero-order chi connectivity index (χ0) is 13.4. The van der Waals surface area contributed by atoms with E-state index in [4.69, 9.17) is 10.5 Å². The van der Waals surface area contributed by atoms with E-state index in [0.29, 0.717) is 6.10 Å². The summed E-state index contributed by atoms with van der Waals surface area (Å²) in [5.74, 6) is 0. The Morgan fingerprint density at radius 2 is 2.22 bits per heavy atom. The predicted molar refractivity (Wildman–Crippen MR) is 75.5 cm³/mol. The summed E-state index contributed by atoms with van der Waals surface area (Å²) in [5, 5.41) is 0. The molecule has 0 bridgehead atoms. The molecule has 2 atom stereocenters. The van der Waals surface area contributed by atoms with Gasteiger partial charge >= 0.3 is 0 Å². The van der Waals surface area contributed by atoms with Crippen LogP contribution >= 0.6 is 0 Å². The Hall–Kier alpha value is -0.380. The highest BCUT2D eigenvalue weighted by Crippen LogP contribution is 2.50. The number of hydrogen-bond acceptors (Lipinski definition) is 3. The summed E-state index contributed by atoms with van der Waals surface area (Å²) < 4.78 is 5.78. The fraction of sp³-hybridized carbons (Fsp3) is 0.867. The highest BCUT2D eigenvalue weighted by atomic mass is 16.5. The van der Waals surface area contributed by atoms with Gasteiger partial charge in [0, 0.05) is 37.2 Å². The van der Waals surface area contributed by atoms with Crippen molar-refractivity contribution in [3.05, 3.63) is 11.6 Å². The van der Waals surface area contributed by atoms with Gasteiger partial charge in [-0.2, -0.15) is 0 Å². The maximum atomic E-state index is 6.62. The monoisotopic (exact) mass is 252 g/mol. The van der Waals surface area contributed by atoms with Crippen LogP contribution in [0.15, 0.2) is 11.6 Å². The molecule has 0 amide bonds. The van der Waals surface area contributed by atoms with Crippen molar-refractivity contribution < 1.29 is 4.74 Å². The third kappa shape index (κ3) is 2.36. The minimum Gasteiger partial charge on any atom is -0.378 e. The summed E-state index contributed by atoms with van der Waals surface area (Å²) in [7, 11) is 0. The minimum atomic E-state index is -0.0913. The summed E-state index contributed by atoms with van der Waals surface area (Å²) in [6, 6.07) is 0. The molecule has 18 heavy (non-hydrogen) atoms. The molecule has 2 rings (SSSR count). The van der Waals surface area contributed by atoms with Crippen LogP contribution in [0.4, 0.5) is 0 Å². The van der Waals surface area contributed by atoms with Gasteiger partial charge in [-0.15, -0.1) is 0 Å². The number of hydrogen-bond donors (Lipinski definition) is 1. The lowest BCUT2D eigenvalue weighted by molar-refractivity contribution is -0.156. The SMILES string of the molecule is CCOC1CC(N)(CN2CC=C(C)CC2)C1(C)C. The van der Waals surface area contributed by atoms with Gasteiger partial charge in [0.25, 0.3) is 0 Å². The average Bonchev–Trinajstić information content (AvgIpc) is 2.32. The van der Waals surface area contributed by atoms with Crippen molar-refractivity contribution in [1.82, 2.24) is 4.90 Å². The highest BCUT2D eigenvalue weighted by Gasteiger charge is 2.58. The van der Waals surface area contributed by atoms with E-state index in [1.807, 2.05) is 0 Å². The Bertz CT molecular complexity index is 337. The van der Waals surface area contributed by atoms with E-state index in [0.717, 1.165) is 32.7 Å². The largest absolute Gasteiger partial charge is 0.378 e. The van der Waals surface area contributed by atoms with Crippen molar-refractivity contribution >= 4 is 0 Å². The topological polar surface area (TPSA) is 38.5 Å². The third-order valence-corrected chi connectivity index (χ3v) is 5.03. The Kier molecular flexibility index (Phi) is 3.86. The van der Waals surface area contributed by atoms with Crippen molar-refractivity contribution in [3.8, 4) is 0 Å². The molecule has 0 radical (unpaired) electrons. The van der Waals surface area contributed by atoms with Crippen molar-refractivity contribution in [2.45, 2.75) is 52.2 Å². The fourth-order valence-corrected chi connectivity index (χ4v) is 3.13. The van der Waals surface area contributed by atoms with Crippen molar-refractivity contribution in [2.24, 2.45) is 11.1 Å². The highest BCUT2D eigenvalue weighted by molar-refractivity contribution is 5.16. The lowest BCUT2D eigenvalue weighted by Crippen LogP contribution is -2.73. The molecule has 3 heteroatoms. The average molecular weight is 252 g/mol. The molecule has 104 valence electrons. The zero-order valence-corrected chi connectivity index (χ0v) is 12.3. The maximum Gasteiger partial charge on any atom is 0.0662 e. The van der Waals surface area contributed by atoms with Gasteiger partial charge in [0.15, 0.2) is 0 Å². The summed E-state index contributed by atoms with van der Waals surface area (Å²) in [4.78, 5) is 2.48. The lowest BCUT2D eigenvalue weighted by atomic mass is 9.54. The molecule has 0 aromatic carbocycles. The van der Waals surface area contributed by atoms with Gasteiger partial charge in [0.05, 0.1) is 6.10 Å². The molecule has 1 fully saturated rings. The first-order valence-corrected chi connectivity index (χ1v) is 7.17. The van der Waals surface area contributed by atoms with Crippen LogP contribution in [0.2, 0.25) is 0 Å². The molecule has 2 unspecified atom stereocenters. The van der Waals surface area contributed by atoms with E-state index < -0.39 is 0 Å². The molecule has 2 N–H and O–H groups in total. The van der Waals surface area contributed by atoms with Crippen LogP contribution in [0.5, 0.6) is 0 Å². The molecule has 1 saturated carbocycles. The molecule has 3 nitrogen and oxygen atoms in total. The number of nitrogens with zero attached hydrogens (tertiary/aromatic N) is 1.